The molecule has 0 aliphatic heterocycles. The molecule has 1 heterocycles. The zero-order valence-corrected chi connectivity index (χ0v) is 15.8. The van der Waals surface area contributed by atoms with Gasteiger partial charge in [0, 0.05) is 18.0 Å². The lowest BCUT2D eigenvalue weighted by molar-refractivity contribution is -0.116. The summed E-state index contributed by atoms with van der Waals surface area (Å²) in [6.07, 6.45) is 2.39. The fraction of sp³-hybridized carbons (Fsp3) is 0.200. The van der Waals surface area contributed by atoms with Gasteiger partial charge in [-0.15, -0.1) is 0 Å². The molecule has 1 aromatic heterocycles. The number of carbonyl (C=O) groups excluding carboxylic acids is 1. The summed E-state index contributed by atoms with van der Waals surface area (Å²) in [5.74, 6) is 0.424. The lowest BCUT2D eigenvalue weighted by Crippen LogP contribution is -2.11. The zero-order valence-electron chi connectivity index (χ0n) is 15.0. The van der Waals surface area contributed by atoms with Crippen molar-refractivity contribution < 1.29 is 22.1 Å². The van der Waals surface area contributed by atoms with Gasteiger partial charge in [0.2, 0.25) is 0 Å². The van der Waals surface area contributed by atoms with Gasteiger partial charge in [-0.05, 0) is 43.2 Å². The Morgan fingerprint density at radius 2 is 1.85 bits per heavy atom. The SMILES string of the molecule is COc1ccc(CCC(C)=O)cc1OS(=O)(=O)c1cccc2cccnc12. The minimum Gasteiger partial charge on any atom is -0.493 e. The van der Waals surface area contributed by atoms with Crippen LogP contribution in [0.5, 0.6) is 11.5 Å². The summed E-state index contributed by atoms with van der Waals surface area (Å²) in [7, 11) is -2.70. The van der Waals surface area contributed by atoms with Crippen LogP contribution in [0, 0.1) is 0 Å². The minimum atomic E-state index is -4.13. The Bertz CT molecular complexity index is 1090. The summed E-state index contributed by atoms with van der Waals surface area (Å²) >= 11 is 0. The Morgan fingerprint density at radius 1 is 1.07 bits per heavy atom. The maximum Gasteiger partial charge on any atom is 0.341 e. The highest BCUT2D eigenvalue weighted by molar-refractivity contribution is 7.87. The molecule has 7 heteroatoms. The number of aromatic nitrogens is 1. The van der Waals surface area contributed by atoms with Crippen molar-refractivity contribution in [3.05, 3.63) is 60.3 Å². The average Bonchev–Trinajstić information content (AvgIpc) is 2.65. The molecule has 0 spiro atoms. The van der Waals surface area contributed by atoms with Crippen molar-refractivity contribution in [1.82, 2.24) is 4.98 Å². The van der Waals surface area contributed by atoms with E-state index in [1.54, 1.807) is 42.5 Å². The van der Waals surface area contributed by atoms with E-state index in [0.29, 0.717) is 29.5 Å². The van der Waals surface area contributed by atoms with E-state index in [2.05, 4.69) is 4.98 Å². The van der Waals surface area contributed by atoms with E-state index in [-0.39, 0.29) is 16.4 Å². The smallest absolute Gasteiger partial charge is 0.341 e. The van der Waals surface area contributed by atoms with Crippen molar-refractivity contribution in [3.8, 4) is 11.5 Å². The number of fused-ring (bicyclic) bond motifs is 1. The Hall–Kier alpha value is -2.93. The van der Waals surface area contributed by atoms with Crippen molar-refractivity contribution in [1.29, 1.82) is 0 Å². The standard InChI is InChI=1S/C20H19NO5S/c1-14(22)8-9-15-10-11-17(25-2)18(13-15)26-27(23,24)19-7-3-5-16-6-4-12-21-20(16)19/h3-7,10-13H,8-9H2,1-2H3. The lowest BCUT2D eigenvalue weighted by Gasteiger charge is -2.13. The summed E-state index contributed by atoms with van der Waals surface area (Å²) in [6.45, 7) is 1.51. The molecule has 0 amide bonds. The van der Waals surface area contributed by atoms with Crippen LogP contribution in [0.2, 0.25) is 0 Å². The van der Waals surface area contributed by atoms with E-state index in [1.165, 1.54) is 26.3 Å². The second-order valence-corrected chi connectivity index (χ2v) is 7.57. The van der Waals surface area contributed by atoms with Crippen molar-refractivity contribution in [3.63, 3.8) is 0 Å². The molecule has 0 saturated heterocycles. The lowest BCUT2D eigenvalue weighted by atomic mass is 10.1. The van der Waals surface area contributed by atoms with Gasteiger partial charge in [0.1, 0.15) is 10.7 Å². The molecule has 0 unspecified atom stereocenters. The maximum absolute atomic E-state index is 12.9. The van der Waals surface area contributed by atoms with Crippen LogP contribution < -0.4 is 8.92 Å². The summed E-state index contributed by atoms with van der Waals surface area (Å²) < 4.78 is 36.4. The molecule has 0 radical (unpaired) electrons. The first-order valence-corrected chi connectivity index (χ1v) is 9.76. The van der Waals surface area contributed by atoms with Crippen molar-refractivity contribution in [2.24, 2.45) is 0 Å². The van der Waals surface area contributed by atoms with E-state index < -0.39 is 10.1 Å². The number of nitrogens with zero attached hydrogens (tertiary/aromatic N) is 1. The van der Waals surface area contributed by atoms with Gasteiger partial charge in [-0.25, -0.2) is 0 Å². The third-order valence-corrected chi connectivity index (χ3v) is 5.33. The Labute approximate surface area is 157 Å². The number of pyridine rings is 1. The predicted octanol–water partition coefficient (Wildman–Crippen LogP) is 3.53. The number of carbonyl (C=O) groups is 1. The number of methoxy groups -OCH3 is 1. The minimum absolute atomic E-state index is 0.0169. The number of ketones is 1. The largest absolute Gasteiger partial charge is 0.493 e. The fourth-order valence-electron chi connectivity index (χ4n) is 2.70. The molecule has 0 fully saturated rings. The fourth-order valence-corrected chi connectivity index (χ4v) is 3.81. The van der Waals surface area contributed by atoms with E-state index in [9.17, 15) is 13.2 Å². The monoisotopic (exact) mass is 385 g/mol. The first-order chi connectivity index (χ1) is 12.9. The molecule has 3 rings (SSSR count). The highest BCUT2D eigenvalue weighted by Gasteiger charge is 2.22. The van der Waals surface area contributed by atoms with Crippen molar-refractivity contribution in [2.45, 2.75) is 24.7 Å². The van der Waals surface area contributed by atoms with Gasteiger partial charge < -0.3 is 13.7 Å². The normalized spacial score (nSPS) is 11.3. The average molecular weight is 385 g/mol. The number of rotatable bonds is 7. The van der Waals surface area contributed by atoms with Crippen LogP contribution in [0.15, 0.2) is 59.6 Å². The van der Waals surface area contributed by atoms with Crippen LogP contribution in [-0.4, -0.2) is 26.3 Å². The van der Waals surface area contributed by atoms with Gasteiger partial charge >= 0.3 is 10.1 Å². The predicted molar refractivity (Wildman–Crippen MR) is 102 cm³/mol. The van der Waals surface area contributed by atoms with Crippen LogP contribution >= 0.6 is 0 Å². The molecule has 6 nitrogen and oxygen atoms in total. The first kappa shape index (κ1) is 18.8. The second kappa shape index (κ2) is 7.75. The van der Waals surface area contributed by atoms with Gasteiger partial charge in [-0.1, -0.05) is 24.3 Å². The van der Waals surface area contributed by atoms with Crippen LogP contribution in [0.25, 0.3) is 10.9 Å². The molecule has 0 aliphatic carbocycles. The molecule has 0 atom stereocenters. The van der Waals surface area contributed by atoms with Crippen LogP contribution in [0.3, 0.4) is 0 Å². The van der Waals surface area contributed by atoms with E-state index in [0.717, 1.165) is 5.56 Å². The van der Waals surface area contributed by atoms with Gasteiger partial charge in [0.05, 0.1) is 12.6 Å². The molecule has 3 aromatic rings. The Kier molecular flexibility index (Phi) is 5.41. The van der Waals surface area contributed by atoms with Crippen LogP contribution in [-0.2, 0) is 21.3 Å². The molecule has 0 saturated carbocycles. The van der Waals surface area contributed by atoms with Crippen LogP contribution in [0.4, 0.5) is 0 Å². The maximum atomic E-state index is 12.9. The van der Waals surface area contributed by atoms with Gasteiger partial charge in [0.25, 0.3) is 0 Å². The molecule has 2 aromatic carbocycles. The van der Waals surface area contributed by atoms with Gasteiger partial charge in [-0.3, -0.25) is 4.98 Å². The summed E-state index contributed by atoms with van der Waals surface area (Å²) in [5, 5.41) is 0.698. The van der Waals surface area contributed by atoms with E-state index in [1.807, 2.05) is 0 Å². The third kappa shape index (κ3) is 4.25. The highest BCUT2D eigenvalue weighted by atomic mass is 32.2. The Balaban J connectivity index is 1.99. The van der Waals surface area contributed by atoms with E-state index >= 15 is 0 Å². The molecule has 140 valence electrons. The second-order valence-electron chi connectivity index (χ2n) is 6.06. The number of Topliss-reactive ketones (excluding diaryl/α,β-unsaturated/α-hetero) is 1. The van der Waals surface area contributed by atoms with Gasteiger partial charge in [0.15, 0.2) is 11.5 Å². The number of hydrogen-bond acceptors (Lipinski definition) is 6. The number of hydrogen-bond donors (Lipinski definition) is 0. The molecule has 0 aliphatic rings. The van der Waals surface area contributed by atoms with Crippen molar-refractivity contribution >= 4 is 26.8 Å². The summed E-state index contributed by atoms with van der Waals surface area (Å²) in [5.41, 5.74) is 1.12. The van der Waals surface area contributed by atoms with E-state index in [4.69, 9.17) is 8.92 Å². The van der Waals surface area contributed by atoms with Crippen LogP contribution in [0.1, 0.15) is 18.9 Å². The zero-order chi connectivity index (χ0) is 19.4. The number of para-hydroxylation sites is 1. The number of benzene rings is 2. The summed E-state index contributed by atoms with van der Waals surface area (Å²) in [6, 6.07) is 13.4. The third-order valence-electron chi connectivity index (χ3n) is 4.06. The Morgan fingerprint density at radius 3 is 2.59 bits per heavy atom. The molecular weight excluding hydrogens is 366 g/mol. The van der Waals surface area contributed by atoms with Gasteiger partial charge in [-0.2, -0.15) is 8.42 Å². The highest BCUT2D eigenvalue weighted by Crippen LogP contribution is 2.32. The first-order valence-electron chi connectivity index (χ1n) is 8.35. The number of ether oxygens (including phenoxy) is 1. The molecule has 0 N–H and O–H groups in total. The van der Waals surface area contributed by atoms with Crippen molar-refractivity contribution in [2.75, 3.05) is 7.11 Å². The molecule has 0 bridgehead atoms. The number of aryl methyl sites for hydroxylation is 1. The molecule has 27 heavy (non-hydrogen) atoms. The molecular formula is C20H19NO5S. The topological polar surface area (TPSA) is 82.6 Å². The quantitative estimate of drug-likeness (QED) is 0.579. The summed E-state index contributed by atoms with van der Waals surface area (Å²) in [4.78, 5) is 15.4.